The molecule has 3 N–H and O–H groups in total. The van der Waals surface area contributed by atoms with Crippen LogP contribution in [0.4, 0.5) is 0 Å². The largest absolute Gasteiger partial charge is 0.392 e. The Morgan fingerprint density at radius 3 is 2.31 bits per heavy atom. The van der Waals surface area contributed by atoms with Crippen molar-refractivity contribution in [2.24, 2.45) is 5.73 Å². The van der Waals surface area contributed by atoms with Gasteiger partial charge in [-0.05, 0) is 25.1 Å². The Bertz CT molecular complexity index is 351. The third-order valence-electron chi connectivity index (χ3n) is 2.71. The Morgan fingerprint density at radius 2 is 1.88 bits per heavy atom. The molecule has 88 valence electrons. The molecule has 0 aliphatic carbocycles. The molecule has 0 aliphatic heterocycles. The maximum absolute atomic E-state index is 8.93. The van der Waals surface area contributed by atoms with Crippen LogP contribution in [0, 0.1) is 0 Å². The van der Waals surface area contributed by atoms with Gasteiger partial charge < -0.3 is 10.8 Å². The van der Waals surface area contributed by atoms with E-state index in [2.05, 4.69) is 4.90 Å². The molecule has 0 heterocycles. The Balaban J connectivity index is 2.62. The molecule has 0 aromatic heterocycles. The number of nitrogens with zero attached hydrogens (tertiary/aromatic N) is 1. The van der Waals surface area contributed by atoms with E-state index in [1.54, 1.807) is 0 Å². The standard InChI is InChI=1S/C12H18N2OS/c1-9(12(13)16)14(2)7-10-3-5-11(8-15)6-4-10/h3-6,9,15H,7-8H2,1-2H3,(H2,13,16). The van der Waals surface area contributed by atoms with Gasteiger partial charge in [-0.1, -0.05) is 36.5 Å². The van der Waals surface area contributed by atoms with E-state index in [1.807, 2.05) is 38.2 Å². The molecule has 3 nitrogen and oxygen atoms in total. The lowest BCUT2D eigenvalue weighted by atomic mass is 10.1. The number of benzene rings is 1. The van der Waals surface area contributed by atoms with Crippen molar-refractivity contribution in [3.05, 3.63) is 35.4 Å². The van der Waals surface area contributed by atoms with Crippen molar-refractivity contribution in [3.8, 4) is 0 Å². The summed E-state index contributed by atoms with van der Waals surface area (Å²) in [7, 11) is 1.99. The molecule has 1 unspecified atom stereocenters. The van der Waals surface area contributed by atoms with Crippen LogP contribution in [-0.2, 0) is 13.2 Å². The van der Waals surface area contributed by atoms with Crippen molar-refractivity contribution in [1.29, 1.82) is 0 Å². The molecule has 16 heavy (non-hydrogen) atoms. The van der Waals surface area contributed by atoms with Crippen LogP contribution in [0.3, 0.4) is 0 Å². The van der Waals surface area contributed by atoms with Gasteiger partial charge in [0.1, 0.15) is 0 Å². The molecule has 0 spiro atoms. The molecule has 0 amide bonds. The SMILES string of the molecule is CC(C(N)=S)N(C)Cc1ccc(CO)cc1. The number of hydrogen-bond donors (Lipinski definition) is 2. The van der Waals surface area contributed by atoms with E-state index in [1.165, 1.54) is 5.56 Å². The van der Waals surface area contributed by atoms with Gasteiger partial charge in [0.15, 0.2) is 0 Å². The highest BCUT2D eigenvalue weighted by Gasteiger charge is 2.11. The third-order valence-corrected chi connectivity index (χ3v) is 3.05. The quantitative estimate of drug-likeness (QED) is 0.759. The molecule has 0 saturated carbocycles. The van der Waals surface area contributed by atoms with Crippen molar-refractivity contribution in [2.75, 3.05) is 7.05 Å². The van der Waals surface area contributed by atoms with Crippen molar-refractivity contribution < 1.29 is 5.11 Å². The zero-order valence-corrected chi connectivity index (χ0v) is 10.5. The van der Waals surface area contributed by atoms with E-state index in [9.17, 15) is 0 Å². The van der Waals surface area contributed by atoms with Crippen LogP contribution in [-0.4, -0.2) is 28.1 Å². The number of nitrogens with two attached hydrogens (primary N) is 1. The fourth-order valence-electron chi connectivity index (χ4n) is 1.39. The first-order valence-corrected chi connectivity index (χ1v) is 5.63. The second-order valence-electron chi connectivity index (χ2n) is 3.97. The molecule has 0 fully saturated rings. The summed E-state index contributed by atoms with van der Waals surface area (Å²) in [5.41, 5.74) is 7.70. The summed E-state index contributed by atoms with van der Waals surface area (Å²) in [6, 6.07) is 7.96. The van der Waals surface area contributed by atoms with Gasteiger partial charge in [-0.15, -0.1) is 0 Å². The van der Waals surface area contributed by atoms with Gasteiger partial charge in [0.05, 0.1) is 17.6 Å². The van der Waals surface area contributed by atoms with Gasteiger partial charge in [0, 0.05) is 6.54 Å². The zero-order chi connectivity index (χ0) is 12.1. The molecular formula is C12H18N2OS. The third kappa shape index (κ3) is 3.56. The monoisotopic (exact) mass is 238 g/mol. The summed E-state index contributed by atoms with van der Waals surface area (Å²) in [5.74, 6) is 0. The van der Waals surface area contributed by atoms with E-state index in [0.29, 0.717) is 4.99 Å². The van der Waals surface area contributed by atoms with Crippen LogP contribution < -0.4 is 5.73 Å². The highest BCUT2D eigenvalue weighted by Crippen LogP contribution is 2.08. The van der Waals surface area contributed by atoms with Gasteiger partial charge in [-0.25, -0.2) is 0 Å². The summed E-state index contributed by atoms with van der Waals surface area (Å²) in [6.45, 7) is 2.87. The van der Waals surface area contributed by atoms with Crippen molar-refractivity contribution in [3.63, 3.8) is 0 Å². The molecule has 0 aliphatic rings. The predicted molar refractivity (Wildman–Crippen MR) is 70.1 cm³/mol. The lowest BCUT2D eigenvalue weighted by Crippen LogP contribution is -2.38. The summed E-state index contributed by atoms with van der Waals surface area (Å²) >= 11 is 4.95. The van der Waals surface area contributed by atoms with E-state index < -0.39 is 0 Å². The Labute approximate surface area is 102 Å². The molecule has 0 radical (unpaired) electrons. The van der Waals surface area contributed by atoms with Gasteiger partial charge in [0.2, 0.25) is 0 Å². The molecule has 0 saturated heterocycles. The van der Waals surface area contributed by atoms with Crippen molar-refractivity contribution in [1.82, 2.24) is 4.90 Å². The summed E-state index contributed by atoms with van der Waals surface area (Å²) in [5, 5.41) is 8.93. The van der Waals surface area contributed by atoms with Crippen molar-refractivity contribution in [2.45, 2.75) is 26.1 Å². The molecule has 1 rings (SSSR count). The number of aliphatic hydroxyl groups is 1. The first-order valence-electron chi connectivity index (χ1n) is 5.23. The second kappa shape index (κ2) is 5.94. The van der Waals surface area contributed by atoms with Gasteiger partial charge >= 0.3 is 0 Å². The van der Waals surface area contributed by atoms with E-state index in [0.717, 1.165) is 12.1 Å². The van der Waals surface area contributed by atoms with Crippen LogP contribution in [0.2, 0.25) is 0 Å². The molecule has 0 bridgehead atoms. The maximum atomic E-state index is 8.93. The minimum absolute atomic E-state index is 0.0827. The van der Waals surface area contributed by atoms with Crippen LogP contribution >= 0.6 is 12.2 Å². The average Bonchev–Trinajstić information content (AvgIpc) is 2.28. The molecule has 1 aromatic carbocycles. The van der Waals surface area contributed by atoms with Gasteiger partial charge in [0.25, 0.3) is 0 Å². The van der Waals surface area contributed by atoms with Crippen LogP contribution in [0.5, 0.6) is 0 Å². The predicted octanol–water partition coefficient (Wildman–Crippen LogP) is 1.29. The van der Waals surface area contributed by atoms with Crippen LogP contribution in [0.1, 0.15) is 18.1 Å². The first kappa shape index (κ1) is 13.1. The van der Waals surface area contributed by atoms with Crippen LogP contribution in [0.15, 0.2) is 24.3 Å². The summed E-state index contributed by atoms with van der Waals surface area (Å²) < 4.78 is 0. The van der Waals surface area contributed by atoms with E-state index in [4.69, 9.17) is 23.1 Å². The normalized spacial score (nSPS) is 12.8. The lowest BCUT2D eigenvalue weighted by molar-refractivity contribution is 0.281. The Hall–Kier alpha value is -0.970. The molecular weight excluding hydrogens is 220 g/mol. The highest BCUT2D eigenvalue weighted by atomic mass is 32.1. The summed E-state index contributed by atoms with van der Waals surface area (Å²) in [4.78, 5) is 2.60. The van der Waals surface area contributed by atoms with Gasteiger partial charge in [-0.3, -0.25) is 4.90 Å². The number of rotatable bonds is 5. The van der Waals surface area contributed by atoms with E-state index in [-0.39, 0.29) is 12.6 Å². The molecule has 1 aromatic rings. The average molecular weight is 238 g/mol. The first-order chi connectivity index (χ1) is 7.54. The minimum Gasteiger partial charge on any atom is -0.392 e. The number of aliphatic hydroxyl groups excluding tert-OH is 1. The fraction of sp³-hybridized carbons (Fsp3) is 0.417. The van der Waals surface area contributed by atoms with Gasteiger partial charge in [-0.2, -0.15) is 0 Å². The minimum atomic E-state index is 0.0827. The number of hydrogen-bond acceptors (Lipinski definition) is 3. The maximum Gasteiger partial charge on any atom is 0.0899 e. The smallest absolute Gasteiger partial charge is 0.0899 e. The number of thiocarbonyl (C=S) groups is 1. The molecule has 4 heteroatoms. The van der Waals surface area contributed by atoms with Crippen molar-refractivity contribution >= 4 is 17.2 Å². The number of likely N-dealkylation sites (N-methyl/N-ethyl adjacent to an activating group) is 1. The van der Waals surface area contributed by atoms with E-state index >= 15 is 0 Å². The Morgan fingerprint density at radius 1 is 1.38 bits per heavy atom. The summed E-state index contributed by atoms with van der Waals surface area (Å²) in [6.07, 6.45) is 0. The lowest BCUT2D eigenvalue weighted by Gasteiger charge is -2.23. The zero-order valence-electron chi connectivity index (χ0n) is 9.68. The topological polar surface area (TPSA) is 49.5 Å². The molecule has 1 atom stereocenters. The second-order valence-corrected chi connectivity index (χ2v) is 4.44. The fourth-order valence-corrected chi connectivity index (χ4v) is 1.57. The van der Waals surface area contributed by atoms with Crippen LogP contribution in [0.25, 0.3) is 0 Å². The highest BCUT2D eigenvalue weighted by molar-refractivity contribution is 7.80. The Kier molecular flexibility index (Phi) is 4.86.